The van der Waals surface area contributed by atoms with E-state index in [4.69, 9.17) is 10.5 Å². The Morgan fingerprint density at radius 2 is 2.14 bits per heavy atom. The summed E-state index contributed by atoms with van der Waals surface area (Å²) in [7, 11) is 1.38. The van der Waals surface area contributed by atoms with Crippen LogP contribution in [0.15, 0.2) is 12.1 Å². The van der Waals surface area contributed by atoms with Crippen molar-refractivity contribution in [3.63, 3.8) is 0 Å². The number of esters is 1. The quantitative estimate of drug-likeness (QED) is 0.657. The monoisotopic (exact) mass is 290 g/mol. The van der Waals surface area contributed by atoms with Gasteiger partial charge in [-0.1, -0.05) is 20.3 Å². The maximum atomic E-state index is 11.7. The first kappa shape index (κ1) is 15.7. The molecule has 1 aliphatic rings. The lowest BCUT2D eigenvalue weighted by Crippen LogP contribution is -2.32. The molecule has 0 spiro atoms. The number of rotatable bonds is 3. The predicted octanol–water partition coefficient (Wildman–Crippen LogP) is 3.74. The van der Waals surface area contributed by atoms with Crippen molar-refractivity contribution in [2.75, 3.05) is 18.2 Å². The van der Waals surface area contributed by atoms with Gasteiger partial charge in [-0.3, -0.25) is 0 Å². The van der Waals surface area contributed by atoms with E-state index in [0.717, 1.165) is 17.7 Å². The number of anilines is 2. The number of benzene rings is 1. The zero-order valence-corrected chi connectivity index (χ0v) is 13.5. The van der Waals surface area contributed by atoms with Crippen molar-refractivity contribution < 1.29 is 9.53 Å². The highest BCUT2D eigenvalue weighted by molar-refractivity contribution is 5.94. The molecule has 1 saturated carbocycles. The highest BCUT2D eigenvalue weighted by atomic mass is 16.5. The van der Waals surface area contributed by atoms with Gasteiger partial charge in [-0.05, 0) is 49.3 Å². The van der Waals surface area contributed by atoms with Crippen LogP contribution in [0.4, 0.5) is 11.4 Å². The molecule has 116 valence electrons. The molecule has 0 aromatic heterocycles. The molecule has 0 bridgehead atoms. The molecule has 1 unspecified atom stereocenters. The van der Waals surface area contributed by atoms with Gasteiger partial charge in [0.2, 0.25) is 0 Å². The third-order valence-corrected chi connectivity index (χ3v) is 4.48. The molecule has 1 aromatic rings. The molecule has 0 radical (unpaired) electrons. The van der Waals surface area contributed by atoms with Crippen LogP contribution in [0.3, 0.4) is 0 Å². The van der Waals surface area contributed by atoms with Crippen LogP contribution in [0.5, 0.6) is 0 Å². The lowest BCUT2D eigenvalue weighted by molar-refractivity contribution is 0.0600. The Labute approximate surface area is 127 Å². The fraction of sp³-hybridized carbons (Fsp3) is 0.588. The van der Waals surface area contributed by atoms with Crippen molar-refractivity contribution in [2.24, 2.45) is 5.41 Å². The number of methoxy groups -OCH3 is 1. The second kappa shape index (κ2) is 5.96. The minimum Gasteiger partial charge on any atom is -0.465 e. The maximum absolute atomic E-state index is 11.7. The third kappa shape index (κ3) is 3.49. The second-order valence-corrected chi connectivity index (χ2v) is 6.79. The largest absolute Gasteiger partial charge is 0.465 e. The summed E-state index contributed by atoms with van der Waals surface area (Å²) in [5, 5.41) is 3.55. The molecular weight excluding hydrogens is 264 g/mol. The number of hydrogen-bond donors (Lipinski definition) is 2. The van der Waals surface area contributed by atoms with Crippen LogP contribution in [0.1, 0.15) is 55.5 Å². The second-order valence-electron chi connectivity index (χ2n) is 6.79. The molecule has 1 aliphatic carbocycles. The number of nitrogens with one attached hydrogen (secondary N) is 1. The van der Waals surface area contributed by atoms with Crippen molar-refractivity contribution in [1.29, 1.82) is 0 Å². The molecule has 21 heavy (non-hydrogen) atoms. The van der Waals surface area contributed by atoms with Crippen molar-refractivity contribution in [2.45, 2.75) is 52.5 Å². The molecule has 0 saturated heterocycles. The summed E-state index contributed by atoms with van der Waals surface area (Å²) in [5.41, 5.74) is 9.44. The Balaban J connectivity index is 2.18. The number of hydrogen-bond acceptors (Lipinski definition) is 4. The highest BCUT2D eigenvalue weighted by Crippen LogP contribution is 2.37. The van der Waals surface area contributed by atoms with E-state index < -0.39 is 0 Å². The van der Waals surface area contributed by atoms with E-state index in [0.29, 0.717) is 22.7 Å². The lowest BCUT2D eigenvalue weighted by atomic mass is 9.75. The first-order valence-electron chi connectivity index (χ1n) is 7.58. The average Bonchev–Trinajstić information content (AvgIpc) is 2.42. The number of nitrogen functional groups attached to an aromatic ring is 1. The van der Waals surface area contributed by atoms with Gasteiger partial charge in [-0.15, -0.1) is 0 Å². The normalized spacial score (nSPS) is 20.9. The van der Waals surface area contributed by atoms with Crippen LogP contribution in [0, 0.1) is 12.3 Å². The van der Waals surface area contributed by atoms with Crippen molar-refractivity contribution in [3.8, 4) is 0 Å². The van der Waals surface area contributed by atoms with E-state index in [2.05, 4.69) is 19.2 Å². The van der Waals surface area contributed by atoms with Crippen molar-refractivity contribution in [1.82, 2.24) is 0 Å². The molecule has 0 heterocycles. The molecule has 3 N–H and O–H groups in total. The van der Waals surface area contributed by atoms with E-state index in [1.165, 1.54) is 26.4 Å². The SMILES string of the molecule is COC(=O)c1ccc(NC2CCCC(C)(C)C2)c(N)c1C. The third-order valence-electron chi connectivity index (χ3n) is 4.48. The maximum Gasteiger partial charge on any atom is 0.338 e. The molecular formula is C17H26N2O2. The van der Waals surface area contributed by atoms with E-state index in [-0.39, 0.29) is 5.97 Å². The fourth-order valence-corrected chi connectivity index (χ4v) is 3.23. The number of nitrogens with two attached hydrogens (primary N) is 1. The Kier molecular flexibility index (Phi) is 4.45. The topological polar surface area (TPSA) is 64.3 Å². The number of ether oxygens (including phenoxy) is 1. The Morgan fingerprint density at radius 3 is 2.76 bits per heavy atom. The predicted molar refractivity (Wildman–Crippen MR) is 86.6 cm³/mol. The van der Waals surface area contributed by atoms with E-state index in [1.807, 2.05) is 13.0 Å². The summed E-state index contributed by atoms with van der Waals surface area (Å²) in [6, 6.07) is 4.11. The highest BCUT2D eigenvalue weighted by Gasteiger charge is 2.28. The zero-order chi connectivity index (χ0) is 15.6. The van der Waals surface area contributed by atoms with Gasteiger partial charge in [0.15, 0.2) is 0 Å². The van der Waals surface area contributed by atoms with Crippen LogP contribution in [-0.2, 0) is 4.74 Å². The van der Waals surface area contributed by atoms with Crippen LogP contribution in [0.2, 0.25) is 0 Å². The van der Waals surface area contributed by atoms with Crippen LogP contribution < -0.4 is 11.1 Å². The first-order chi connectivity index (χ1) is 9.84. The molecule has 4 nitrogen and oxygen atoms in total. The van der Waals surface area contributed by atoms with Gasteiger partial charge in [-0.25, -0.2) is 4.79 Å². The lowest BCUT2D eigenvalue weighted by Gasteiger charge is -2.36. The van der Waals surface area contributed by atoms with E-state index in [9.17, 15) is 4.79 Å². The van der Waals surface area contributed by atoms with E-state index in [1.54, 1.807) is 6.07 Å². The summed E-state index contributed by atoms with van der Waals surface area (Å²) in [5.74, 6) is -0.343. The minimum atomic E-state index is -0.343. The van der Waals surface area contributed by atoms with Gasteiger partial charge < -0.3 is 15.8 Å². The van der Waals surface area contributed by atoms with Crippen LogP contribution >= 0.6 is 0 Å². The van der Waals surface area contributed by atoms with Crippen LogP contribution in [0.25, 0.3) is 0 Å². The van der Waals surface area contributed by atoms with Gasteiger partial charge in [-0.2, -0.15) is 0 Å². The first-order valence-corrected chi connectivity index (χ1v) is 7.58. The molecule has 2 rings (SSSR count). The van der Waals surface area contributed by atoms with Gasteiger partial charge in [0, 0.05) is 6.04 Å². The number of carbonyl (C=O) groups excluding carboxylic acids is 1. The Bertz CT molecular complexity index is 538. The van der Waals surface area contributed by atoms with Gasteiger partial charge in [0.1, 0.15) is 0 Å². The molecule has 0 amide bonds. The summed E-state index contributed by atoms with van der Waals surface area (Å²) < 4.78 is 4.77. The smallest absolute Gasteiger partial charge is 0.338 e. The standard InChI is InChI=1S/C17H26N2O2/c1-11-13(16(20)21-4)7-8-14(15(11)18)19-12-6-5-9-17(2,3)10-12/h7-8,12,19H,5-6,9-10,18H2,1-4H3. The van der Waals surface area contributed by atoms with Crippen LogP contribution in [-0.4, -0.2) is 19.1 Å². The van der Waals surface area contributed by atoms with E-state index >= 15 is 0 Å². The number of carbonyl (C=O) groups is 1. The molecule has 4 heteroatoms. The Hall–Kier alpha value is -1.71. The Morgan fingerprint density at radius 1 is 1.43 bits per heavy atom. The zero-order valence-electron chi connectivity index (χ0n) is 13.5. The molecule has 1 fully saturated rings. The molecule has 0 aliphatic heterocycles. The van der Waals surface area contributed by atoms with Gasteiger partial charge in [0.25, 0.3) is 0 Å². The minimum absolute atomic E-state index is 0.343. The summed E-state index contributed by atoms with van der Waals surface area (Å²) in [6.45, 7) is 6.49. The van der Waals surface area contributed by atoms with Crippen molar-refractivity contribution in [3.05, 3.63) is 23.3 Å². The summed E-state index contributed by atoms with van der Waals surface area (Å²) in [6.07, 6.45) is 4.83. The molecule has 1 aromatic carbocycles. The van der Waals surface area contributed by atoms with Gasteiger partial charge in [0.05, 0.1) is 24.0 Å². The molecule has 1 atom stereocenters. The fourth-order valence-electron chi connectivity index (χ4n) is 3.23. The summed E-state index contributed by atoms with van der Waals surface area (Å²) in [4.78, 5) is 11.7. The average molecular weight is 290 g/mol. The summed E-state index contributed by atoms with van der Waals surface area (Å²) >= 11 is 0. The van der Waals surface area contributed by atoms with Gasteiger partial charge >= 0.3 is 5.97 Å². The van der Waals surface area contributed by atoms with Crippen molar-refractivity contribution >= 4 is 17.3 Å².